The Labute approximate surface area is 233 Å². The Kier molecular flexibility index (Phi) is 7.72. The molecule has 3 aliphatic heterocycles. The van der Waals surface area contributed by atoms with Crippen molar-refractivity contribution in [3.05, 3.63) is 129 Å². The first-order valence-corrected chi connectivity index (χ1v) is 13.9. The molecule has 0 aromatic heterocycles. The third-order valence-electron chi connectivity index (χ3n) is 6.79. The van der Waals surface area contributed by atoms with Crippen molar-refractivity contribution >= 4 is 28.9 Å². The van der Waals surface area contributed by atoms with Gasteiger partial charge in [-0.1, -0.05) is 56.1 Å². The molecule has 0 saturated carbocycles. The number of hydrogen-bond donors (Lipinski definition) is 0. The number of carbonyl (C=O) groups excluding carboxylic acids is 2. The van der Waals surface area contributed by atoms with Crippen LogP contribution in [0.4, 0.5) is 0 Å². The summed E-state index contributed by atoms with van der Waals surface area (Å²) < 4.78 is 6.32. The Hall–Kier alpha value is -4.08. The van der Waals surface area contributed by atoms with Gasteiger partial charge >= 0.3 is 0 Å². The van der Waals surface area contributed by atoms with Crippen molar-refractivity contribution in [2.75, 3.05) is 6.54 Å². The van der Waals surface area contributed by atoms with Gasteiger partial charge in [0.05, 0.1) is 16.1 Å². The van der Waals surface area contributed by atoms with E-state index in [-0.39, 0.29) is 11.9 Å². The molecule has 196 valence electrons. The molecule has 3 heterocycles. The summed E-state index contributed by atoms with van der Waals surface area (Å²) in [5.41, 5.74) is 11.6. The molecule has 0 aromatic rings. The van der Waals surface area contributed by atoms with Gasteiger partial charge in [-0.3, -0.25) is 9.59 Å². The van der Waals surface area contributed by atoms with Crippen molar-refractivity contribution in [3.8, 4) is 0 Å². The molecule has 2 bridgehead atoms. The lowest BCUT2D eigenvalue weighted by molar-refractivity contribution is -0.111. The largest absolute Gasteiger partial charge is 0.485 e. The van der Waals surface area contributed by atoms with Gasteiger partial charge in [0.2, 0.25) is 0 Å². The van der Waals surface area contributed by atoms with Crippen molar-refractivity contribution in [2.45, 2.75) is 39.7 Å². The maximum atomic E-state index is 13.1. The van der Waals surface area contributed by atoms with Crippen molar-refractivity contribution in [3.63, 3.8) is 0 Å². The average molecular weight is 535 g/mol. The van der Waals surface area contributed by atoms with E-state index < -0.39 is 0 Å². The summed E-state index contributed by atoms with van der Waals surface area (Å²) in [5, 5.41) is 0.583. The number of hydrogen-bond acceptors (Lipinski definition) is 6. The number of ketones is 1. The van der Waals surface area contributed by atoms with Gasteiger partial charge in [0.1, 0.15) is 22.6 Å². The molecule has 0 amide bonds. The van der Waals surface area contributed by atoms with Crippen LogP contribution in [0.5, 0.6) is 0 Å². The number of ether oxygens (including phenoxy) is 1. The van der Waals surface area contributed by atoms with Gasteiger partial charge in [-0.05, 0) is 49.6 Å². The van der Waals surface area contributed by atoms with Crippen LogP contribution in [0.15, 0.2) is 134 Å². The lowest BCUT2D eigenvalue weighted by atomic mass is 9.90. The van der Waals surface area contributed by atoms with Gasteiger partial charge in [0, 0.05) is 47.7 Å². The second kappa shape index (κ2) is 11.3. The highest BCUT2D eigenvalue weighted by atomic mass is 32.2. The van der Waals surface area contributed by atoms with Gasteiger partial charge in [-0.25, -0.2) is 4.99 Å². The van der Waals surface area contributed by atoms with E-state index in [0.29, 0.717) is 33.6 Å². The van der Waals surface area contributed by atoms with Crippen molar-refractivity contribution < 1.29 is 14.3 Å². The van der Waals surface area contributed by atoms with E-state index >= 15 is 0 Å². The van der Waals surface area contributed by atoms with E-state index in [1.165, 1.54) is 11.8 Å². The van der Waals surface area contributed by atoms with Gasteiger partial charge in [0.25, 0.3) is 0 Å². The second-order valence-electron chi connectivity index (χ2n) is 10.1. The Balaban J connectivity index is 1.41. The van der Waals surface area contributed by atoms with Crippen LogP contribution in [-0.2, 0) is 14.3 Å². The topological polar surface area (TPSA) is 59.0 Å². The first-order valence-electron chi connectivity index (χ1n) is 13.1. The zero-order valence-corrected chi connectivity index (χ0v) is 23.2. The molecule has 6 heteroatoms. The summed E-state index contributed by atoms with van der Waals surface area (Å²) in [6.45, 7) is 11.6. The summed E-state index contributed by atoms with van der Waals surface area (Å²) in [4.78, 5) is 31.9. The highest BCUT2D eigenvalue weighted by Gasteiger charge is 2.34. The van der Waals surface area contributed by atoms with Crippen molar-refractivity contribution in [1.29, 1.82) is 0 Å². The highest BCUT2D eigenvalue weighted by molar-refractivity contribution is 8.18. The molecule has 0 saturated heterocycles. The average Bonchev–Trinajstić information content (AvgIpc) is 2.91. The van der Waals surface area contributed by atoms with Crippen LogP contribution in [-0.4, -0.2) is 34.7 Å². The minimum atomic E-state index is -0.145. The smallest absolute Gasteiger partial charge is 0.192 e. The van der Waals surface area contributed by atoms with Crippen LogP contribution in [0.1, 0.15) is 33.6 Å². The zero-order valence-electron chi connectivity index (χ0n) is 22.4. The van der Waals surface area contributed by atoms with Crippen LogP contribution < -0.4 is 0 Å². The molecule has 0 aromatic carbocycles. The lowest BCUT2D eigenvalue weighted by Gasteiger charge is -2.39. The molecular weight excluding hydrogens is 504 g/mol. The lowest BCUT2D eigenvalue weighted by Crippen LogP contribution is -2.36. The molecule has 5 nitrogen and oxygen atoms in total. The minimum Gasteiger partial charge on any atom is -0.485 e. The normalized spacial score (nSPS) is 23.0. The van der Waals surface area contributed by atoms with Crippen LogP contribution in [0.25, 0.3) is 0 Å². The fraction of sp³-hybridized carbons (Fsp3) is 0.242. The van der Waals surface area contributed by atoms with Crippen LogP contribution in [0.3, 0.4) is 0 Å². The second-order valence-corrected chi connectivity index (χ2v) is 11.1. The van der Waals surface area contributed by atoms with Crippen LogP contribution >= 0.6 is 11.8 Å². The van der Waals surface area contributed by atoms with Crippen LogP contribution in [0, 0.1) is 5.92 Å². The summed E-state index contributed by atoms with van der Waals surface area (Å²) in [6, 6.07) is 0. The molecule has 5 aliphatic rings. The molecule has 0 fully saturated rings. The Morgan fingerprint density at radius 3 is 2.92 bits per heavy atom. The molecule has 0 radical (unpaired) electrons. The maximum Gasteiger partial charge on any atom is 0.192 e. The molecule has 1 unspecified atom stereocenters. The van der Waals surface area contributed by atoms with Gasteiger partial charge in [-0.15, -0.1) is 5.73 Å². The predicted octanol–water partition coefficient (Wildman–Crippen LogP) is 6.72. The maximum absolute atomic E-state index is 13.1. The molecule has 39 heavy (non-hydrogen) atoms. The van der Waals surface area contributed by atoms with Gasteiger partial charge in [-0.2, -0.15) is 0 Å². The molecule has 2 aliphatic carbocycles. The minimum absolute atomic E-state index is 0.0980. The fourth-order valence-electron chi connectivity index (χ4n) is 4.72. The summed E-state index contributed by atoms with van der Waals surface area (Å²) in [7, 11) is 0. The molecule has 5 rings (SSSR count). The third kappa shape index (κ3) is 5.84. The van der Waals surface area contributed by atoms with Gasteiger partial charge < -0.3 is 9.64 Å². The number of fused-ring (bicyclic) bond motifs is 2. The van der Waals surface area contributed by atoms with E-state index in [1.54, 1.807) is 24.3 Å². The summed E-state index contributed by atoms with van der Waals surface area (Å²) >= 11 is 1.33. The standard InChI is InChI=1S/C33H30N2O3S/c1-21(2)8-6-5-7-9-22(3)35-15-14-31-28(23(35)4)16-25-17-29(30(37)19-32(25)38-31)33-34-26-12-10-24(20-36)11-13-27(18-26)39-33/h5-7,9-10,12-13,16-17,19-21,31H,3,8,14-15H2,1-2,4H3/b6-5-,9-7-,12-10-. The van der Waals surface area contributed by atoms with E-state index in [4.69, 9.17) is 4.74 Å². The number of carbonyl (C=O) groups is 2. The molecular formula is C33H30N2O3S. The molecule has 0 spiro atoms. The fourth-order valence-corrected chi connectivity index (χ4v) is 5.61. The molecule has 1 atom stereocenters. The monoisotopic (exact) mass is 534 g/mol. The quantitative estimate of drug-likeness (QED) is 0.206. The highest BCUT2D eigenvalue weighted by Crippen LogP contribution is 2.39. The summed E-state index contributed by atoms with van der Waals surface area (Å²) in [5.74, 6) is 1.09. The van der Waals surface area contributed by atoms with E-state index in [9.17, 15) is 9.59 Å². The first-order chi connectivity index (χ1) is 18.8. The van der Waals surface area contributed by atoms with E-state index in [1.807, 2.05) is 18.2 Å². The first kappa shape index (κ1) is 26.5. The zero-order chi connectivity index (χ0) is 27.5. The van der Waals surface area contributed by atoms with Gasteiger partial charge in [0.15, 0.2) is 12.1 Å². The number of aliphatic imine (C=N–C) groups is 1. The number of thioether (sulfide) groups is 1. The Morgan fingerprint density at radius 2 is 2.13 bits per heavy atom. The SMILES string of the molecule is C=C(/C=C\C=C/CC(C)C)N1CCC2OC3=CC(=O)C(C4=NC5=C=C(C=C=C(C=O)/C=C\5)S4)=CC3=CC2=C1C. The van der Waals surface area contributed by atoms with Crippen molar-refractivity contribution in [2.24, 2.45) is 10.9 Å². The number of rotatable bonds is 7. The van der Waals surface area contributed by atoms with E-state index in [2.05, 4.69) is 66.9 Å². The van der Waals surface area contributed by atoms with E-state index in [0.717, 1.165) is 53.1 Å². The summed E-state index contributed by atoms with van der Waals surface area (Å²) in [6.07, 6.45) is 21.4. The third-order valence-corrected chi connectivity index (χ3v) is 7.74. The molecule has 0 N–H and O–H groups in total. The number of aldehydes is 1. The number of nitrogens with zero attached hydrogens (tertiary/aromatic N) is 2. The Morgan fingerprint density at radius 1 is 1.28 bits per heavy atom. The predicted molar refractivity (Wildman–Crippen MR) is 157 cm³/mol. The number of allylic oxidation sites excluding steroid dienone is 9. The Bertz CT molecular complexity index is 1540. The van der Waals surface area contributed by atoms with Crippen molar-refractivity contribution in [1.82, 2.24) is 4.90 Å². The van der Waals surface area contributed by atoms with Crippen LogP contribution in [0.2, 0.25) is 0 Å².